The topological polar surface area (TPSA) is 90.9 Å². The Kier molecular flexibility index (Phi) is 2.34. The minimum absolute atomic E-state index is 0.0728. The van der Waals surface area contributed by atoms with Gasteiger partial charge >= 0.3 is 0 Å². The van der Waals surface area contributed by atoms with Crippen LogP contribution in [0.25, 0.3) is 11.0 Å². The lowest BCUT2D eigenvalue weighted by Crippen LogP contribution is -2.08. The average molecular weight is 266 g/mol. The molecule has 2 N–H and O–H groups in total. The molecular weight excluding hydrogens is 252 g/mol. The van der Waals surface area contributed by atoms with Crippen molar-refractivity contribution in [3.05, 3.63) is 18.1 Å². The first-order valence-electron chi connectivity index (χ1n) is 5.74. The minimum atomic E-state index is -2.93. The number of hydrogen-bond acceptors (Lipinski definition) is 5. The third kappa shape index (κ3) is 1.74. The van der Waals surface area contributed by atoms with Gasteiger partial charge in [-0.05, 0) is 6.42 Å². The van der Waals surface area contributed by atoms with Crippen molar-refractivity contribution in [2.75, 3.05) is 17.2 Å². The predicted molar refractivity (Wildman–Crippen MR) is 68.9 cm³/mol. The highest BCUT2D eigenvalue weighted by Gasteiger charge is 2.32. The van der Waals surface area contributed by atoms with Crippen LogP contribution in [0.3, 0.4) is 0 Å². The van der Waals surface area contributed by atoms with Gasteiger partial charge < -0.3 is 10.3 Å². The number of rotatable bonds is 1. The van der Waals surface area contributed by atoms with Crippen molar-refractivity contribution in [2.24, 2.45) is 7.05 Å². The van der Waals surface area contributed by atoms with Crippen molar-refractivity contribution in [1.82, 2.24) is 14.5 Å². The highest BCUT2D eigenvalue weighted by atomic mass is 32.2. The lowest BCUT2D eigenvalue weighted by molar-refractivity contribution is 0.601. The third-order valence-electron chi connectivity index (χ3n) is 3.36. The molecule has 2 aromatic heterocycles. The van der Waals surface area contributed by atoms with E-state index in [1.807, 2.05) is 11.6 Å². The van der Waals surface area contributed by atoms with E-state index >= 15 is 0 Å². The molecule has 3 rings (SSSR count). The van der Waals surface area contributed by atoms with E-state index in [-0.39, 0.29) is 17.4 Å². The van der Waals surface area contributed by atoms with Gasteiger partial charge in [-0.2, -0.15) is 0 Å². The molecule has 7 heteroatoms. The Bertz CT molecular complexity index is 720. The summed E-state index contributed by atoms with van der Waals surface area (Å²) in [7, 11) is -1.06. The summed E-state index contributed by atoms with van der Waals surface area (Å²) in [5.74, 6) is 0.703. The van der Waals surface area contributed by atoms with E-state index in [1.165, 1.54) is 0 Å². The number of fused-ring (bicyclic) bond motifs is 1. The number of nitrogens with zero attached hydrogens (tertiary/aromatic N) is 3. The molecule has 1 aliphatic heterocycles. The van der Waals surface area contributed by atoms with Crippen LogP contribution in [0.5, 0.6) is 0 Å². The fourth-order valence-corrected chi connectivity index (χ4v) is 4.27. The van der Waals surface area contributed by atoms with Gasteiger partial charge in [-0.25, -0.2) is 18.4 Å². The van der Waals surface area contributed by atoms with Gasteiger partial charge in [0.05, 0.1) is 34.6 Å². The van der Waals surface area contributed by atoms with Gasteiger partial charge in [-0.15, -0.1) is 0 Å². The second-order valence-corrected chi connectivity index (χ2v) is 6.98. The van der Waals surface area contributed by atoms with Crippen molar-refractivity contribution in [3.63, 3.8) is 0 Å². The van der Waals surface area contributed by atoms with Crippen LogP contribution in [-0.2, 0) is 16.9 Å². The van der Waals surface area contributed by atoms with Gasteiger partial charge in [0.15, 0.2) is 9.84 Å². The molecule has 0 aromatic carbocycles. The van der Waals surface area contributed by atoms with Crippen LogP contribution in [0.1, 0.15) is 18.0 Å². The number of anilines is 1. The lowest BCUT2D eigenvalue weighted by Gasteiger charge is -2.10. The highest BCUT2D eigenvalue weighted by Crippen LogP contribution is 2.32. The van der Waals surface area contributed by atoms with Gasteiger partial charge in [0, 0.05) is 19.0 Å². The van der Waals surface area contributed by atoms with Crippen molar-refractivity contribution in [2.45, 2.75) is 12.3 Å². The summed E-state index contributed by atoms with van der Waals surface area (Å²) in [6.07, 6.45) is 2.30. The zero-order valence-electron chi connectivity index (χ0n) is 10.00. The van der Waals surface area contributed by atoms with Crippen molar-refractivity contribution < 1.29 is 8.42 Å². The maximum atomic E-state index is 11.6. The smallest absolute Gasteiger partial charge is 0.151 e. The average Bonchev–Trinajstić information content (AvgIpc) is 2.82. The number of aromatic nitrogens is 3. The van der Waals surface area contributed by atoms with E-state index in [1.54, 1.807) is 12.4 Å². The van der Waals surface area contributed by atoms with E-state index in [2.05, 4.69) is 9.97 Å². The van der Waals surface area contributed by atoms with Crippen molar-refractivity contribution in [3.8, 4) is 0 Å². The van der Waals surface area contributed by atoms with Crippen LogP contribution in [0, 0.1) is 0 Å². The molecule has 1 unspecified atom stereocenters. The summed E-state index contributed by atoms with van der Waals surface area (Å²) in [5.41, 5.74) is 8.16. The molecule has 0 aliphatic carbocycles. The van der Waals surface area contributed by atoms with E-state index in [0.29, 0.717) is 12.2 Å². The summed E-state index contributed by atoms with van der Waals surface area (Å²) in [6.45, 7) is 0. The standard InChI is InChI=1S/C11H14N4O2S/c1-15-6-13-8-4-9(12)14-10(11(8)15)7-2-3-18(16,17)5-7/h4,6-7H,2-3,5H2,1H3,(H2,12,14). The highest BCUT2D eigenvalue weighted by molar-refractivity contribution is 7.91. The number of hydrogen-bond donors (Lipinski definition) is 1. The maximum Gasteiger partial charge on any atom is 0.151 e. The minimum Gasteiger partial charge on any atom is -0.384 e. The van der Waals surface area contributed by atoms with Gasteiger partial charge in [-0.1, -0.05) is 0 Å². The van der Waals surface area contributed by atoms with Crippen LogP contribution >= 0.6 is 0 Å². The van der Waals surface area contributed by atoms with E-state index < -0.39 is 9.84 Å². The fraction of sp³-hybridized carbons (Fsp3) is 0.455. The Morgan fingerprint density at radius 3 is 2.94 bits per heavy atom. The summed E-state index contributed by atoms with van der Waals surface area (Å²) < 4.78 is 25.0. The number of imidazole rings is 1. The molecule has 1 fully saturated rings. The molecule has 1 atom stereocenters. The Morgan fingerprint density at radius 2 is 2.28 bits per heavy atom. The zero-order chi connectivity index (χ0) is 12.9. The molecule has 0 radical (unpaired) electrons. The monoisotopic (exact) mass is 266 g/mol. The molecule has 1 aliphatic rings. The lowest BCUT2D eigenvalue weighted by atomic mass is 10.0. The third-order valence-corrected chi connectivity index (χ3v) is 5.13. The number of aryl methyl sites for hydroxylation is 1. The summed E-state index contributed by atoms with van der Waals surface area (Å²) >= 11 is 0. The number of nitrogen functional groups attached to an aromatic ring is 1. The van der Waals surface area contributed by atoms with Crippen LogP contribution in [-0.4, -0.2) is 34.5 Å². The molecule has 1 saturated heterocycles. The molecule has 0 spiro atoms. The Labute approximate surface area is 105 Å². The first-order chi connectivity index (χ1) is 8.46. The molecule has 96 valence electrons. The van der Waals surface area contributed by atoms with E-state index in [0.717, 1.165) is 16.7 Å². The van der Waals surface area contributed by atoms with Crippen molar-refractivity contribution in [1.29, 1.82) is 0 Å². The predicted octanol–water partition coefficient (Wildman–Crippen LogP) is 0.453. The number of nitrogens with two attached hydrogens (primary N) is 1. The fourth-order valence-electron chi connectivity index (χ4n) is 2.53. The second kappa shape index (κ2) is 3.68. The molecule has 3 heterocycles. The van der Waals surface area contributed by atoms with Crippen LogP contribution in [0.4, 0.5) is 5.82 Å². The summed E-state index contributed by atoms with van der Waals surface area (Å²) in [6, 6.07) is 1.71. The molecule has 0 saturated carbocycles. The van der Waals surface area contributed by atoms with Crippen LogP contribution < -0.4 is 5.73 Å². The van der Waals surface area contributed by atoms with Crippen molar-refractivity contribution >= 4 is 26.7 Å². The largest absolute Gasteiger partial charge is 0.384 e. The first-order valence-corrected chi connectivity index (χ1v) is 7.56. The number of pyridine rings is 1. The maximum absolute atomic E-state index is 11.6. The van der Waals surface area contributed by atoms with E-state index in [4.69, 9.17) is 5.73 Å². The Hall–Kier alpha value is -1.63. The zero-order valence-corrected chi connectivity index (χ0v) is 10.8. The Morgan fingerprint density at radius 1 is 1.50 bits per heavy atom. The first kappa shape index (κ1) is 11.5. The Balaban J connectivity index is 2.19. The van der Waals surface area contributed by atoms with Gasteiger partial charge in [0.25, 0.3) is 0 Å². The summed E-state index contributed by atoms with van der Waals surface area (Å²) in [5, 5.41) is 0. The molecule has 6 nitrogen and oxygen atoms in total. The number of sulfone groups is 1. The normalized spacial score (nSPS) is 22.6. The van der Waals surface area contributed by atoms with Gasteiger partial charge in [-0.3, -0.25) is 0 Å². The summed E-state index contributed by atoms with van der Waals surface area (Å²) in [4.78, 5) is 8.58. The van der Waals surface area contributed by atoms with Gasteiger partial charge in [0.1, 0.15) is 5.82 Å². The molecule has 0 bridgehead atoms. The molecule has 18 heavy (non-hydrogen) atoms. The van der Waals surface area contributed by atoms with Crippen LogP contribution in [0.15, 0.2) is 12.4 Å². The quantitative estimate of drug-likeness (QED) is 0.809. The molecule has 2 aromatic rings. The SMILES string of the molecule is Cn1cnc2cc(N)nc(C3CCS(=O)(=O)C3)c21. The molecule has 0 amide bonds. The molecular formula is C11H14N4O2S. The van der Waals surface area contributed by atoms with Crippen LogP contribution in [0.2, 0.25) is 0 Å². The van der Waals surface area contributed by atoms with E-state index in [9.17, 15) is 8.42 Å². The second-order valence-electron chi connectivity index (χ2n) is 4.76. The van der Waals surface area contributed by atoms with Gasteiger partial charge in [0.2, 0.25) is 0 Å².